The minimum Gasteiger partial charge on any atom is -0.377 e. The van der Waals surface area contributed by atoms with Crippen molar-refractivity contribution in [2.75, 3.05) is 12.0 Å². The van der Waals surface area contributed by atoms with Crippen LogP contribution in [0.25, 0.3) is 0 Å². The molecule has 0 radical (unpaired) electrons. The van der Waals surface area contributed by atoms with Crippen LogP contribution in [0.1, 0.15) is 22.3 Å². The van der Waals surface area contributed by atoms with Gasteiger partial charge in [0.25, 0.3) is 0 Å². The normalized spacial score (nSPS) is 10.2. The van der Waals surface area contributed by atoms with Crippen LogP contribution in [0, 0.1) is 27.7 Å². The van der Waals surface area contributed by atoms with Crippen LogP contribution in [0.15, 0.2) is 6.07 Å². The summed E-state index contributed by atoms with van der Waals surface area (Å²) in [5.74, 6) is 0. The van der Waals surface area contributed by atoms with Gasteiger partial charge in [0.15, 0.2) is 0 Å². The van der Waals surface area contributed by atoms with Gasteiger partial charge >= 0.3 is 0 Å². The Bertz CT molecular complexity index is 292. The lowest BCUT2D eigenvalue weighted by Gasteiger charge is -2.15. The van der Waals surface area contributed by atoms with Crippen molar-refractivity contribution >= 4 is 5.69 Å². The van der Waals surface area contributed by atoms with Gasteiger partial charge in [0.05, 0.1) is 0 Å². The molecule has 0 saturated carbocycles. The van der Waals surface area contributed by atoms with E-state index in [0.717, 1.165) is 5.69 Å². The lowest BCUT2D eigenvalue weighted by Crippen LogP contribution is -2.05. The molecular weight excluding hydrogens is 162 g/mol. The van der Waals surface area contributed by atoms with Gasteiger partial charge in [-0.3, -0.25) is 0 Å². The van der Waals surface area contributed by atoms with Crippen molar-refractivity contribution in [2.45, 2.75) is 27.7 Å². The van der Waals surface area contributed by atoms with Crippen molar-refractivity contribution in [3.63, 3.8) is 0 Å². The summed E-state index contributed by atoms with van der Waals surface area (Å²) >= 11 is 0. The highest BCUT2D eigenvalue weighted by molar-refractivity contribution is 5.61. The van der Waals surface area contributed by atoms with Crippen LogP contribution < -0.4 is 5.32 Å². The summed E-state index contributed by atoms with van der Waals surface area (Å²) in [7, 11) is 0. The predicted molar refractivity (Wildman–Crippen MR) is 56.1 cm³/mol. The molecule has 0 bridgehead atoms. The second-order valence-corrected chi connectivity index (χ2v) is 3.47. The monoisotopic (exact) mass is 179 g/mol. The Hall–Kier alpha value is -1.02. The Labute approximate surface area is 79.6 Å². The number of hydrogen-bond acceptors (Lipinski definition) is 2. The molecule has 2 N–H and O–H groups in total. The molecule has 0 saturated heterocycles. The summed E-state index contributed by atoms with van der Waals surface area (Å²) in [5, 5.41) is 11.8. The van der Waals surface area contributed by atoms with Crippen LogP contribution in [0.3, 0.4) is 0 Å². The van der Waals surface area contributed by atoms with Gasteiger partial charge in [0.2, 0.25) is 0 Å². The predicted octanol–water partition coefficient (Wildman–Crippen LogP) is 2.28. The number of aliphatic hydroxyl groups excluding tert-OH is 1. The van der Waals surface area contributed by atoms with Gasteiger partial charge in [-0.2, -0.15) is 0 Å². The van der Waals surface area contributed by atoms with E-state index in [-0.39, 0.29) is 6.73 Å². The Morgan fingerprint density at radius 3 is 1.92 bits per heavy atom. The van der Waals surface area contributed by atoms with Crippen LogP contribution >= 0.6 is 0 Å². The summed E-state index contributed by atoms with van der Waals surface area (Å²) in [5.41, 5.74) is 6.03. The van der Waals surface area contributed by atoms with Crippen LogP contribution in [-0.4, -0.2) is 11.8 Å². The Balaban J connectivity index is 3.28. The fourth-order valence-corrected chi connectivity index (χ4v) is 1.56. The highest BCUT2D eigenvalue weighted by Crippen LogP contribution is 2.25. The molecule has 1 rings (SSSR count). The fraction of sp³-hybridized carbons (Fsp3) is 0.455. The molecule has 0 fully saturated rings. The lowest BCUT2D eigenvalue weighted by molar-refractivity contribution is 0.325. The van der Waals surface area contributed by atoms with E-state index in [4.69, 9.17) is 5.11 Å². The van der Waals surface area contributed by atoms with Crippen LogP contribution in [0.4, 0.5) is 5.69 Å². The molecule has 0 aliphatic carbocycles. The summed E-state index contributed by atoms with van der Waals surface area (Å²) < 4.78 is 0. The van der Waals surface area contributed by atoms with E-state index in [2.05, 4.69) is 39.1 Å². The van der Waals surface area contributed by atoms with E-state index in [1.54, 1.807) is 0 Å². The van der Waals surface area contributed by atoms with Crippen LogP contribution in [0.2, 0.25) is 0 Å². The summed E-state index contributed by atoms with van der Waals surface area (Å²) in [6.45, 7) is 8.30. The first-order valence-corrected chi connectivity index (χ1v) is 4.50. The molecule has 0 amide bonds. The molecular formula is C11H17NO. The van der Waals surface area contributed by atoms with Gasteiger partial charge in [-0.15, -0.1) is 0 Å². The lowest BCUT2D eigenvalue weighted by atomic mass is 9.99. The SMILES string of the molecule is Cc1cc(C)c(C)c(NCO)c1C. The average Bonchev–Trinajstić information content (AvgIpc) is 2.09. The number of hydrogen-bond donors (Lipinski definition) is 2. The third-order valence-corrected chi connectivity index (χ3v) is 2.62. The van der Waals surface area contributed by atoms with Gasteiger partial charge in [-0.05, 0) is 49.9 Å². The van der Waals surface area contributed by atoms with Crippen molar-refractivity contribution in [3.05, 3.63) is 28.3 Å². The Morgan fingerprint density at radius 2 is 1.54 bits per heavy atom. The number of anilines is 1. The zero-order valence-corrected chi connectivity index (χ0v) is 8.73. The minimum absolute atomic E-state index is 0.00935. The first-order chi connectivity index (χ1) is 6.07. The number of aryl methyl sites for hydroxylation is 2. The fourth-order valence-electron chi connectivity index (χ4n) is 1.56. The van der Waals surface area contributed by atoms with Crippen molar-refractivity contribution in [2.24, 2.45) is 0 Å². The van der Waals surface area contributed by atoms with Gasteiger partial charge in [-0.25, -0.2) is 0 Å². The van der Waals surface area contributed by atoms with Gasteiger partial charge < -0.3 is 10.4 Å². The van der Waals surface area contributed by atoms with Gasteiger partial charge in [0, 0.05) is 5.69 Å². The smallest absolute Gasteiger partial charge is 0.113 e. The molecule has 0 aliphatic rings. The third kappa shape index (κ3) is 1.83. The van der Waals surface area contributed by atoms with E-state index in [9.17, 15) is 0 Å². The topological polar surface area (TPSA) is 32.3 Å². The zero-order chi connectivity index (χ0) is 10.0. The third-order valence-electron chi connectivity index (χ3n) is 2.62. The summed E-state index contributed by atoms with van der Waals surface area (Å²) in [6.07, 6.45) is 0. The molecule has 72 valence electrons. The summed E-state index contributed by atoms with van der Waals surface area (Å²) in [4.78, 5) is 0. The maximum atomic E-state index is 8.84. The van der Waals surface area contributed by atoms with Gasteiger partial charge in [-0.1, -0.05) is 6.07 Å². The molecule has 1 aromatic rings. The second kappa shape index (κ2) is 3.79. The molecule has 2 heteroatoms. The molecule has 0 atom stereocenters. The maximum absolute atomic E-state index is 8.84. The standard InChI is InChI=1S/C11H17NO/c1-7-5-8(2)10(4)11(9(7)3)12-6-13/h5,12-13H,6H2,1-4H3. The van der Waals surface area contributed by atoms with Crippen LogP contribution in [0.5, 0.6) is 0 Å². The molecule has 0 aromatic heterocycles. The quantitative estimate of drug-likeness (QED) is 0.683. The molecule has 0 heterocycles. The summed E-state index contributed by atoms with van der Waals surface area (Å²) in [6, 6.07) is 2.17. The maximum Gasteiger partial charge on any atom is 0.113 e. The zero-order valence-electron chi connectivity index (χ0n) is 8.73. The molecule has 1 aromatic carbocycles. The molecule has 13 heavy (non-hydrogen) atoms. The van der Waals surface area contributed by atoms with Crippen LogP contribution in [-0.2, 0) is 0 Å². The van der Waals surface area contributed by atoms with Gasteiger partial charge in [0.1, 0.15) is 6.73 Å². The van der Waals surface area contributed by atoms with Crippen molar-refractivity contribution in [1.29, 1.82) is 0 Å². The number of aliphatic hydroxyl groups is 1. The van der Waals surface area contributed by atoms with E-state index in [1.165, 1.54) is 22.3 Å². The van der Waals surface area contributed by atoms with E-state index >= 15 is 0 Å². The van der Waals surface area contributed by atoms with E-state index in [1.807, 2.05) is 0 Å². The second-order valence-electron chi connectivity index (χ2n) is 3.47. The molecule has 2 nitrogen and oxygen atoms in total. The molecule has 0 spiro atoms. The van der Waals surface area contributed by atoms with Crippen molar-refractivity contribution < 1.29 is 5.11 Å². The highest BCUT2D eigenvalue weighted by atomic mass is 16.3. The average molecular weight is 179 g/mol. The first kappa shape index (κ1) is 10.1. The first-order valence-electron chi connectivity index (χ1n) is 4.50. The highest BCUT2D eigenvalue weighted by Gasteiger charge is 2.06. The number of rotatable bonds is 2. The Morgan fingerprint density at radius 1 is 1.08 bits per heavy atom. The Kier molecular flexibility index (Phi) is 2.94. The largest absolute Gasteiger partial charge is 0.377 e. The van der Waals surface area contributed by atoms with E-state index in [0.29, 0.717) is 0 Å². The molecule has 0 aliphatic heterocycles. The van der Waals surface area contributed by atoms with E-state index < -0.39 is 0 Å². The number of benzene rings is 1. The van der Waals surface area contributed by atoms with Crippen molar-refractivity contribution in [1.82, 2.24) is 0 Å². The minimum atomic E-state index is -0.00935. The number of nitrogens with one attached hydrogen (secondary N) is 1. The molecule has 0 unspecified atom stereocenters. The van der Waals surface area contributed by atoms with Crippen molar-refractivity contribution in [3.8, 4) is 0 Å².